The molecule has 0 fully saturated rings. The molecule has 0 amide bonds. The minimum absolute atomic E-state index is 0.0583. The number of rotatable bonds is 9. The fourth-order valence-corrected chi connectivity index (χ4v) is 3.33. The summed E-state index contributed by atoms with van der Waals surface area (Å²) in [6.07, 6.45) is 3.16. The van der Waals surface area contributed by atoms with Crippen molar-refractivity contribution in [2.75, 3.05) is 11.9 Å². The first-order valence-electron chi connectivity index (χ1n) is 7.06. The molecule has 0 aliphatic carbocycles. The third-order valence-electron chi connectivity index (χ3n) is 3.05. The van der Waals surface area contributed by atoms with Crippen molar-refractivity contribution in [3.05, 3.63) is 36.4 Å². The van der Waals surface area contributed by atoms with Crippen molar-refractivity contribution in [1.29, 1.82) is 0 Å². The highest BCUT2D eigenvalue weighted by Crippen LogP contribution is 2.21. The van der Waals surface area contributed by atoms with E-state index in [0.717, 1.165) is 12.5 Å². The van der Waals surface area contributed by atoms with Crippen LogP contribution in [0.4, 0.5) is 5.69 Å². The Morgan fingerprint density at radius 1 is 1.45 bits per heavy atom. The molecule has 0 unspecified atom stereocenters. The Kier molecular flexibility index (Phi) is 6.58. The first-order valence-corrected chi connectivity index (χ1v) is 8.54. The van der Waals surface area contributed by atoms with Gasteiger partial charge in [-0.3, -0.25) is 0 Å². The number of anilines is 1. The quantitative estimate of drug-likeness (QED) is 0.606. The first kappa shape index (κ1) is 18.2. The van der Waals surface area contributed by atoms with Gasteiger partial charge in [0.25, 0.3) is 0 Å². The van der Waals surface area contributed by atoms with Crippen LogP contribution in [0.25, 0.3) is 0 Å². The van der Waals surface area contributed by atoms with Gasteiger partial charge in [0.15, 0.2) is 0 Å². The average molecular weight is 326 g/mol. The van der Waals surface area contributed by atoms with Crippen LogP contribution >= 0.6 is 0 Å². The lowest BCUT2D eigenvalue weighted by Crippen LogP contribution is -2.32. The summed E-state index contributed by atoms with van der Waals surface area (Å²) >= 11 is 0. The molecular formula is C15H22N2O4S. The Morgan fingerprint density at radius 3 is 2.68 bits per heavy atom. The number of nitrogens with one attached hydrogen (secondary N) is 2. The van der Waals surface area contributed by atoms with Crippen molar-refractivity contribution in [2.24, 2.45) is 0 Å². The Morgan fingerprint density at radius 2 is 2.14 bits per heavy atom. The molecule has 0 radical (unpaired) electrons. The molecule has 3 N–H and O–H groups in total. The van der Waals surface area contributed by atoms with Gasteiger partial charge in [-0.15, -0.1) is 6.58 Å². The molecule has 7 heteroatoms. The molecule has 0 spiro atoms. The van der Waals surface area contributed by atoms with Gasteiger partial charge in [0.1, 0.15) is 0 Å². The molecule has 0 aromatic heterocycles. The van der Waals surface area contributed by atoms with Crippen LogP contribution in [0.2, 0.25) is 0 Å². The van der Waals surface area contributed by atoms with Crippen LogP contribution in [-0.2, 0) is 10.0 Å². The summed E-state index contributed by atoms with van der Waals surface area (Å²) in [7, 11) is -3.74. The van der Waals surface area contributed by atoms with E-state index < -0.39 is 16.0 Å². The van der Waals surface area contributed by atoms with E-state index in [9.17, 15) is 18.3 Å². The van der Waals surface area contributed by atoms with Crippen LogP contribution in [0, 0.1) is 0 Å². The first-order chi connectivity index (χ1) is 10.3. The fraction of sp³-hybridized carbons (Fsp3) is 0.400. The van der Waals surface area contributed by atoms with Gasteiger partial charge in [0.2, 0.25) is 10.0 Å². The number of hydrogen-bond donors (Lipinski definition) is 3. The monoisotopic (exact) mass is 326 g/mol. The molecule has 0 saturated carbocycles. The maximum Gasteiger partial charge on any atom is 0.337 e. The van der Waals surface area contributed by atoms with E-state index in [1.54, 1.807) is 13.0 Å². The predicted molar refractivity (Wildman–Crippen MR) is 86.8 cm³/mol. The molecule has 0 aliphatic rings. The van der Waals surface area contributed by atoms with E-state index in [-0.39, 0.29) is 16.5 Å². The number of carboxylic acid groups (broad SMARTS) is 1. The molecule has 0 bridgehead atoms. The van der Waals surface area contributed by atoms with Crippen LogP contribution < -0.4 is 10.0 Å². The molecule has 1 atom stereocenters. The number of aromatic carboxylic acids is 1. The minimum Gasteiger partial charge on any atom is -0.478 e. The summed E-state index contributed by atoms with van der Waals surface area (Å²) in [5.41, 5.74) is 0.265. The second kappa shape index (κ2) is 7.95. The van der Waals surface area contributed by atoms with E-state index in [0.29, 0.717) is 18.7 Å². The smallest absolute Gasteiger partial charge is 0.337 e. The Balaban J connectivity index is 3.12. The summed E-state index contributed by atoms with van der Waals surface area (Å²) in [6.45, 7) is 7.67. The van der Waals surface area contributed by atoms with Gasteiger partial charge in [0, 0.05) is 18.3 Å². The van der Waals surface area contributed by atoms with Crippen molar-refractivity contribution in [2.45, 2.75) is 37.6 Å². The third kappa shape index (κ3) is 4.85. The number of hydrogen-bond acceptors (Lipinski definition) is 4. The Labute approximate surface area is 131 Å². The summed E-state index contributed by atoms with van der Waals surface area (Å²) in [4.78, 5) is 11.2. The van der Waals surface area contributed by atoms with E-state index in [1.807, 2.05) is 6.92 Å². The highest BCUT2D eigenvalue weighted by molar-refractivity contribution is 7.89. The van der Waals surface area contributed by atoms with Gasteiger partial charge in [-0.2, -0.15) is 0 Å². The Bertz CT molecular complexity index is 641. The molecule has 122 valence electrons. The largest absolute Gasteiger partial charge is 0.478 e. The van der Waals surface area contributed by atoms with Gasteiger partial charge < -0.3 is 10.4 Å². The van der Waals surface area contributed by atoms with Crippen molar-refractivity contribution in [3.8, 4) is 0 Å². The minimum atomic E-state index is -3.74. The highest BCUT2D eigenvalue weighted by Gasteiger charge is 2.20. The van der Waals surface area contributed by atoms with Gasteiger partial charge in [-0.1, -0.05) is 19.4 Å². The van der Waals surface area contributed by atoms with Crippen molar-refractivity contribution < 1.29 is 18.3 Å². The Hall–Kier alpha value is -1.86. The topological polar surface area (TPSA) is 95.5 Å². The number of sulfonamides is 1. The molecule has 0 aliphatic heterocycles. The van der Waals surface area contributed by atoms with Crippen molar-refractivity contribution in [3.63, 3.8) is 0 Å². The van der Waals surface area contributed by atoms with Crippen LogP contribution in [-0.4, -0.2) is 32.1 Å². The lowest BCUT2D eigenvalue weighted by Gasteiger charge is -2.15. The summed E-state index contributed by atoms with van der Waals surface area (Å²) < 4.78 is 27.1. The molecule has 1 aromatic carbocycles. The van der Waals surface area contributed by atoms with Crippen molar-refractivity contribution >= 4 is 21.7 Å². The molecule has 1 aromatic rings. The third-order valence-corrected chi connectivity index (χ3v) is 4.63. The van der Waals surface area contributed by atoms with Crippen LogP contribution in [0.5, 0.6) is 0 Å². The van der Waals surface area contributed by atoms with Gasteiger partial charge in [0.05, 0.1) is 10.5 Å². The van der Waals surface area contributed by atoms with E-state index in [1.165, 1.54) is 12.1 Å². The summed E-state index contributed by atoms with van der Waals surface area (Å²) in [5, 5.41) is 12.1. The molecule has 22 heavy (non-hydrogen) atoms. The van der Waals surface area contributed by atoms with Crippen molar-refractivity contribution in [1.82, 2.24) is 4.72 Å². The number of carboxylic acids is 1. The number of benzene rings is 1. The maximum atomic E-state index is 12.3. The molecule has 1 rings (SSSR count). The van der Waals surface area contributed by atoms with Crippen LogP contribution in [0.3, 0.4) is 0 Å². The van der Waals surface area contributed by atoms with E-state index in [2.05, 4.69) is 16.6 Å². The van der Waals surface area contributed by atoms with E-state index >= 15 is 0 Å². The second-order valence-corrected chi connectivity index (χ2v) is 6.71. The highest BCUT2D eigenvalue weighted by atomic mass is 32.2. The lowest BCUT2D eigenvalue weighted by molar-refractivity contribution is 0.0697. The zero-order chi connectivity index (χ0) is 16.8. The standard InChI is InChI=1S/C15H22N2O4S/c1-4-6-11(3)17-22(20,21)12-7-8-14(16-9-5-2)13(10-12)15(18)19/h5,7-8,10-11,16-17H,2,4,6,9H2,1,3H3,(H,18,19)/t11-/m1/s1. The zero-order valence-corrected chi connectivity index (χ0v) is 13.6. The molecule has 0 heterocycles. The number of carbonyl (C=O) groups is 1. The van der Waals surface area contributed by atoms with Gasteiger partial charge in [-0.05, 0) is 31.5 Å². The van der Waals surface area contributed by atoms with Crippen LogP contribution in [0.15, 0.2) is 35.7 Å². The normalized spacial score (nSPS) is 12.6. The molecule has 6 nitrogen and oxygen atoms in total. The average Bonchev–Trinajstić information content (AvgIpc) is 2.44. The molecular weight excluding hydrogens is 304 g/mol. The summed E-state index contributed by atoms with van der Waals surface area (Å²) in [6, 6.07) is 3.79. The lowest BCUT2D eigenvalue weighted by atomic mass is 10.2. The fourth-order valence-electron chi connectivity index (χ4n) is 2.03. The second-order valence-electron chi connectivity index (χ2n) is 4.99. The SMILES string of the molecule is C=CCNc1ccc(S(=O)(=O)N[C@H](C)CCC)cc1C(=O)O. The summed E-state index contributed by atoms with van der Waals surface area (Å²) in [5.74, 6) is -1.19. The maximum absolute atomic E-state index is 12.3. The van der Waals surface area contributed by atoms with E-state index in [4.69, 9.17) is 0 Å². The molecule has 0 saturated heterocycles. The van der Waals surface area contributed by atoms with Gasteiger partial charge in [-0.25, -0.2) is 17.9 Å². The zero-order valence-electron chi connectivity index (χ0n) is 12.8. The van der Waals surface area contributed by atoms with Crippen LogP contribution in [0.1, 0.15) is 37.0 Å². The van der Waals surface area contributed by atoms with Gasteiger partial charge >= 0.3 is 5.97 Å². The predicted octanol–water partition coefficient (Wildman–Crippen LogP) is 2.45.